The van der Waals surface area contributed by atoms with Crippen LogP contribution in [0.5, 0.6) is 0 Å². The predicted octanol–water partition coefficient (Wildman–Crippen LogP) is 2.00. The molecule has 0 radical (unpaired) electrons. The van der Waals surface area contributed by atoms with E-state index in [1.165, 1.54) is 0 Å². The maximum Gasteiger partial charge on any atom is 0.326 e. The highest BCUT2D eigenvalue weighted by Crippen LogP contribution is 2.18. The fourth-order valence-electron chi connectivity index (χ4n) is 3.13. The van der Waals surface area contributed by atoms with Crippen molar-refractivity contribution in [3.8, 4) is 0 Å². The number of benzene rings is 2. The van der Waals surface area contributed by atoms with Crippen molar-refractivity contribution in [2.45, 2.75) is 32.4 Å². The van der Waals surface area contributed by atoms with E-state index >= 15 is 0 Å². The van der Waals surface area contributed by atoms with Gasteiger partial charge in [-0.25, -0.2) is 4.79 Å². The number of hydrogen-bond donors (Lipinski definition) is 2. The Labute approximate surface area is 167 Å². The number of hydrogen-bond acceptors (Lipinski definition) is 5. The van der Waals surface area contributed by atoms with Crippen molar-refractivity contribution < 1.29 is 14.7 Å². The maximum absolute atomic E-state index is 13.2. The molecule has 1 aromatic heterocycles. The SMILES string of the molecule is CC[C@@H](C)[C@H](NC(=O)[C@H](c1ccccc1)n1nnc2ccccc2c1=O)C(=O)O. The highest BCUT2D eigenvalue weighted by atomic mass is 16.4. The first-order valence-electron chi connectivity index (χ1n) is 9.36. The second kappa shape index (κ2) is 8.64. The minimum Gasteiger partial charge on any atom is -0.480 e. The van der Waals surface area contributed by atoms with Gasteiger partial charge in [0.1, 0.15) is 11.6 Å². The molecular formula is C21H22N4O4. The molecule has 8 nitrogen and oxygen atoms in total. The fourth-order valence-corrected chi connectivity index (χ4v) is 3.13. The number of fused-ring (bicyclic) bond motifs is 1. The van der Waals surface area contributed by atoms with Crippen LogP contribution < -0.4 is 10.9 Å². The highest BCUT2D eigenvalue weighted by molar-refractivity contribution is 5.88. The lowest BCUT2D eigenvalue weighted by Gasteiger charge is -2.24. The number of aliphatic carboxylic acids is 1. The monoisotopic (exact) mass is 394 g/mol. The maximum atomic E-state index is 13.2. The summed E-state index contributed by atoms with van der Waals surface area (Å²) in [5.74, 6) is -2.04. The lowest BCUT2D eigenvalue weighted by Crippen LogP contribution is -2.49. The van der Waals surface area contributed by atoms with Gasteiger partial charge in [-0.2, -0.15) is 4.68 Å². The van der Waals surface area contributed by atoms with Crippen LogP contribution in [-0.2, 0) is 9.59 Å². The van der Waals surface area contributed by atoms with Crippen molar-refractivity contribution in [1.82, 2.24) is 20.3 Å². The first-order valence-corrected chi connectivity index (χ1v) is 9.36. The van der Waals surface area contributed by atoms with E-state index in [1.807, 2.05) is 6.92 Å². The van der Waals surface area contributed by atoms with E-state index in [0.717, 1.165) is 4.68 Å². The molecular weight excluding hydrogens is 372 g/mol. The summed E-state index contributed by atoms with van der Waals surface area (Å²) < 4.78 is 1.00. The first-order chi connectivity index (χ1) is 13.9. The number of carboxylic acids is 1. The van der Waals surface area contributed by atoms with E-state index in [9.17, 15) is 19.5 Å². The molecule has 3 atom stereocenters. The number of carboxylic acid groups (broad SMARTS) is 1. The number of aromatic nitrogens is 3. The summed E-state index contributed by atoms with van der Waals surface area (Å²) in [6, 6.07) is 13.1. The predicted molar refractivity (Wildman–Crippen MR) is 107 cm³/mol. The molecule has 0 spiro atoms. The van der Waals surface area contributed by atoms with Crippen molar-refractivity contribution in [3.63, 3.8) is 0 Å². The van der Waals surface area contributed by atoms with Crippen molar-refractivity contribution in [1.29, 1.82) is 0 Å². The van der Waals surface area contributed by atoms with E-state index in [-0.39, 0.29) is 5.92 Å². The van der Waals surface area contributed by atoms with Crippen molar-refractivity contribution in [3.05, 3.63) is 70.5 Å². The van der Waals surface area contributed by atoms with Crippen LogP contribution in [0.4, 0.5) is 0 Å². The summed E-state index contributed by atoms with van der Waals surface area (Å²) in [4.78, 5) is 37.8. The van der Waals surface area contributed by atoms with Gasteiger partial charge in [0, 0.05) is 0 Å². The van der Waals surface area contributed by atoms with Gasteiger partial charge in [-0.3, -0.25) is 9.59 Å². The molecule has 0 saturated carbocycles. The molecule has 2 N–H and O–H groups in total. The van der Waals surface area contributed by atoms with Crippen LogP contribution in [-0.4, -0.2) is 38.0 Å². The van der Waals surface area contributed by atoms with E-state index in [4.69, 9.17) is 0 Å². The normalized spacial score (nSPS) is 14.1. The topological polar surface area (TPSA) is 114 Å². The second-order valence-corrected chi connectivity index (χ2v) is 6.88. The Balaban J connectivity index is 2.09. The van der Waals surface area contributed by atoms with Crippen LogP contribution in [0.15, 0.2) is 59.4 Å². The van der Waals surface area contributed by atoms with Gasteiger partial charge in [-0.1, -0.05) is 67.9 Å². The third kappa shape index (κ3) is 4.16. The van der Waals surface area contributed by atoms with Crippen molar-refractivity contribution in [2.24, 2.45) is 5.92 Å². The van der Waals surface area contributed by atoms with E-state index in [0.29, 0.717) is 22.9 Å². The molecule has 3 rings (SSSR count). The lowest BCUT2D eigenvalue weighted by molar-refractivity contribution is -0.143. The molecule has 0 unspecified atom stereocenters. The molecule has 0 fully saturated rings. The summed E-state index contributed by atoms with van der Waals surface area (Å²) in [6.07, 6.45) is 0.572. The quantitative estimate of drug-likeness (QED) is 0.633. The smallest absolute Gasteiger partial charge is 0.326 e. The number of nitrogens with zero attached hydrogens (tertiary/aromatic N) is 3. The first kappa shape index (κ1) is 20.2. The zero-order valence-corrected chi connectivity index (χ0v) is 16.1. The number of carbonyl (C=O) groups excluding carboxylic acids is 1. The number of nitrogens with one attached hydrogen (secondary N) is 1. The van der Waals surface area contributed by atoms with Gasteiger partial charge in [0.05, 0.1) is 5.39 Å². The molecule has 0 aliphatic carbocycles. The summed E-state index contributed by atoms with van der Waals surface area (Å²) in [6.45, 7) is 3.60. The summed E-state index contributed by atoms with van der Waals surface area (Å²) in [7, 11) is 0. The lowest BCUT2D eigenvalue weighted by atomic mass is 9.98. The van der Waals surface area contributed by atoms with Gasteiger partial charge < -0.3 is 10.4 Å². The zero-order chi connectivity index (χ0) is 21.0. The van der Waals surface area contributed by atoms with Crippen LogP contribution in [0.3, 0.4) is 0 Å². The number of carbonyl (C=O) groups is 2. The van der Waals surface area contributed by atoms with Gasteiger partial charge in [0.15, 0.2) is 6.04 Å². The highest BCUT2D eigenvalue weighted by Gasteiger charge is 2.32. The van der Waals surface area contributed by atoms with E-state index < -0.39 is 29.5 Å². The van der Waals surface area contributed by atoms with Crippen LogP contribution in [0.2, 0.25) is 0 Å². The molecule has 0 aliphatic rings. The minimum absolute atomic E-state index is 0.285. The molecule has 2 aromatic carbocycles. The zero-order valence-electron chi connectivity index (χ0n) is 16.1. The largest absolute Gasteiger partial charge is 0.480 e. The second-order valence-electron chi connectivity index (χ2n) is 6.88. The van der Waals surface area contributed by atoms with E-state index in [2.05, 4.69) is 15.6 Å². The van der Waals surface area contributed by atoms with Crippen molar-refractivity contribution >= 4 is 22.8 Å². The molecule has 29 heavy (non-hydrogen) atoms. The molecule has 3 aromatic rings. The van der Waals surface area contributed by atoms with Crippen LogP contribution in [0.1, 0.15) is 31.9 Å². The number of amides is 1. The Morgan fingerprint density at radius 2 is 1.76 bits per heavy atom. The Morgan fingerprint density at radius 1 is 1.10 bits per heavy atom. The van der Waals surface area contributed by atoms with Crippen molar-refractivity contribution in [2.75, 3.05) is 0 Å². The fraction of sp³-hybridized carbons (Fsp3) is 0.286. The van der Waals surface area contributed by atoms with Gasteiger partial charge in [0.25, 0.3) is 5.56 Å². The third-order valence-electron chi connectivity index (χ3n) is 4.98. The summed E-state index contributed by atoms with van der Waals surface area (Å²) >= 11 is 0. The van der Waals surface area contributed by atoms with Gasteiger partial charge >= 0.3 is 5.97 Å². The summed E-state index contributed by atoms with van der Waals surface area (Å²) in [5.41, 5.74) is 0.448. The van der Waals surface area contributed by atoms with Gasteiger partial charge in [-0.05, 0) is 23.6 Å². The van der Waals surface area contributed by atoms with Crippen LogP contribution in [0.25, 0.3) is 10.9 Å². The van der Waals surface area contributed by atoms with Gasteiger partial charge in [-0.15, -0.1) is 5.10 Å². The Hall–Kier alpha value is -3.55. The molecule has 1 amide bonds. The molecule has 8 heteroatoms. The average molecular weight is 394 g/mol. The molecule has 0 bridgehead atoms. The Bertz CT molecular complexity index is 1080. The average Bonchev–Trinajstić information content (AvgIpc) is 2.74. The molecule has 1 heterocycles. The number of rotatable bonds is 7. The Morgan fingerprint density at radius 3 is 2.41 bits per heavy atom. The standard InChI is InChI=1S/C21H22N4O4/c1-3-13(2)17(21(28)29)22-19(26)18(14-9-5-4-6-10-14)25-20(27)15-11-7-8-12-16(15)23-24-25/h4-13,17-18H,3H2,1-2H3,(H,22,26)(H,28,29)/t13-,17+,18+/m1/s1. The van der Waals surface area contributed by atoms with Crippen LogP contribution >= 0.6 is 0 Å². The van der Waals surface area contributed by atoms with E-state index in [1.54, 1.807) is 61.5 Å². The molecule has 150 valence electrons. The Kier molecular flexibility index (Phi) is 6.01. The van der Waals surface area contributed by atoms with Gasteiger partial charge in [0.2, 0.25) is 5.91 Å². The summed E-state index contributed by atoms with van der Waals surface area (Å²) in [5, 5.41) is 20.5. The minimum atomic E-state index is -1.15. The molecule has 0 aliphatic heterocycles. The third-order valence-corrected chi connectivity index (χ3v) is 4.98. The van der Waals surface area contributed by atoms with Crippen LogP contribution in [0, 0.1) is 5.92 Å². The molecule has 0 saturated heterocycles.